The lowest BCUT2D eigenvalue weighted by molar-refractivity contribution is 0.0505. The molecular formula is C17H28N2O3. The maximum atomic E-state index is 11.9. The van der Waals surface area contributed by atoms with Gasteiger partial charge in [-0.15, -0.1) is 0 Å². The zero-order valence-electron chi connectivity index (χ0n) is 14.4. The number of ether oxygens (including phenoxy) is 2. The Kier molecular flexibility index (Phi) is 6.23. The van der Waals surface area contributed by atoms with Crippen LogP contribution < -0.4 is 15.8 Å². The van der Waals surface area contributed by atoms with E-state index in [0.29, 0.717) is 13.0 Å². The van der Waals surface area contributed by atoms with Crippen molar-refractivity contribution in [1.82, 2.24) is 5.32 Å². The number of benzene rings is 1. The maximum Gasteiger partial charge on any atom is 0.407 e. The Morgan fingerprint density at radius 2 is 1.86 bits per heavy atom. The fourth-order valence-electron chi connectivity index (χ4n) is 2.13. The first-order valence-electron chi connectivity index (χ1n) is 7.50. The molecule has 124 valence electrons. The monoisotopic (exact) mass is 308 g/mol. The van der Waals surface area contributed by atoms with E-state index in [9.17, 15) is 4.79 Å². The van der Waals surface area contributed by atoms with Crippen molar-refractivity contribution in [2.24, 2.45) is 5.73 Å². The van der Waals surface area contributed by atoms with Crippen LogP contribution in [0.1, 0.15) is 37.5 Å². The number of carbonyl (C=O) groups is 1. The summed E-state index contributed by atoms with van der Waals surface area (Å²) in [4.78, 5) is 11.9. The van der Waals surface area contributed by atoms with Crippen molar-refractivity contribution in [2.45, 2.75) is 52.7 Å². The molecule has 22 heavy (non-hydrogen) atoms. The van der Waals surface area contributed by atoms with Gasteiger partial charge in [0.25, 0.3) is 0 Å². The third-order valence-electron chi connectivity index (χ3n) is 3.37. The zero-order valence-corrected chi connectivity index (χ0v) is 14.4. The average molecular weight is 308 g/mol. The first-order valence-corrected chi connectivity index (χ1v) is 7.50. The van der Waals surface area contributed by atoms with Gasteiger partial charge >= 0.3 is 6.09 Å². The first-order chi connectivity index (χ1) is 10.2. The normalized spacial score (nSPS) is 12.7. The van der Waals surface area contributed by atoms with Gasteiger partial charge in [0.2, 0.25) is 0 Å². The Bertz CT molecular complexity index is 521. The van der Waals surface area contributed by atoms with Gasteiger partial charge in [-0.1, -0.05) is 6.07 Å². The molecule has 0 aromatic heterocycles. The smallest absolute Gasteiger partial charge is 0.407 e. The molecule has 0 saturated carbocycles. The minimum absolute atomic E-state index is 0.203. The molecule has 0 aliphatic heterocycles. The predicted octanol–water partition coefficient (Wildman–Crippen LogP) is 2.71. The lowest BCUT2D eigenvalue weighted by Crippen LogP contribution is -2.44. The minimum Gasteiger partial charge on any atom is -0.496 e. The molecular weight excluding hydrogens is 280 g/mol. The summed E-state index contributed by atoms with van der Waals surface area (Å²) in [5.74, 6) is 0.813. The SMILES string of the molecule is COc1cc(C)c(C)cc1CC(CN)NC(=O)OC(C)(C)C. The number of hydrogen-bond donors (Lipinski definition) is 2. The molecule has 0 radical (unpaired) electrons. The number of nitrogens with one attached hydrogen (secondary N) is 1. The molecule has 5 heteroatoms. The number of aryl methyl sites for hydroxylation is 2. The van der Waals surface area contributed by atoms with E-state index >= 15 is 0 Å². The molecule has 1 rings (SSSR count). The van der Waals surface area contributed by atoms with Crippen LogP contribution in [0.3, 0.4) is 0 Å². The summed E-state index contributed by atoms with van der Waals surface area (Å²) in [5.41, 5.74) is 8.64. The van der Waals surface area contributed by atoms with E-state index in [-0.39, 0.29) is 6.04 Å². The number of carbonyl (C=O) groups excluding carboxylic acids is 1. The molecule has 1 amide bonds. The van der Waals surface area contributed by atoms with Crippen LogP contribution in [0, 0.1) is 13.8 Å². The summed E-state index contributed by atoms with van der Waals surface area (Å²) < 4.78 is 10.7. The second-order valence-corrected chi connectivity index (χ2v) is 6.53. The Balaban J connectivity index is 2.82. The molecule has 1 aromatic rings. The highest BCUT2D eigenvalue weighted by molar-refractivity contribution is 5.68. The third kappa shape index (κ3) is 5.56. The summed E-state index contributed by atoms with van der Waals surface area (Å²) >= 11 is 0. The number of hydrogen-bond acceptors (Lipinski definition) is 4. The van der Waals surface area contributed by atoms with Crippen LogP contribution >= 0.6 is 0 Å². The summed E-state index contributed by atoms with van der Waals surface area (Å²) in [6.07, 6.45) is 0.144. The molecule has 5 nitrogen and oxygen atoms in total. The fourth-order valence-corrected chi connectivity index (χ4v) is 2.13. The number of methoxy groups -OCH3 is 1. The van der Waals surface area contributed by atoms with Crippen molar-refractivity contribution in [1.29, 1.82) is 0 Å². The quantitative estimate of drug-likeness (QED) is 0.877. The average Bonchev–Trinajstić information content (AvgIpc) is 2.39. The number of rotatable bonds is 5. The summed E-state index contributed by atoms with van der Waals surface area (Å²) in [6.45, 7) is 9.91. The van der Waals surface area contributed by atoms with Crippen LogP contribution in [0.25, 0.3) is 0 Å². The largest absolute Gasteiger partial charge is 0.496 e. The van der Waals surface area contributed by atoms with Crippen LogP contribution in [0.15, 0.2) is 12.1 Å². The van der Waals surface area contributed by atoms with Crippen LogP contribution in [-0.4, -0.2) is 31.4 Å². The minimum atomic E-state index is -0.526. The van der Waals surface area contributed by atoms with Gasteiger partial charge in [-0.3, -0.25) is 0 Å². The molecule has 1 atom stereocenters. The van der Waals surface area contributed by atoms with Crippen molar-refractivity contribution in [2.75, 3.05) is 13.7 Å². The number of amides is 1. The predicted molar refractivity (Wildman–Crippen MR) is 88.4 cm³/mol. The summed E-state index contributed by atoms with van der Waals surface area (Å²) in [5, 5.41) is 2.82. The van der Waals surface area contributed by atoms with Crippen LogP contribution in [-0.2, 0) is 11.2 Å². The van der Waals surface area contributed by atoms with E-state index in [1.54, 1.807) is 7.11 Å². The van der Waals surface area contributed by atoms with Crippen molar-refractivity contribution < 1.29 is 14.3 Å². The van der Waals surface area contributed by atoms with Gasteiger partial charge in [0.05, 0.1) is 7.11 Å². The molecule has 1 aromatic carbocycles. The lowest BCUT2D eigenvalue weighted by Gasteiger charge is -2.23. The van der Waals surface area contributed by atoms with Gasteiger partial charge in [0.15, 0.2) is 0 Å². The number of alkyl carbamates (subject to hydrolysis) is 1. The molecule has 0 bridgehead atoms. The van der Waals surface area contributed by atoms with Gasteiger partial charge in [0, 0.05) is 12.6 Å². The maximum absolute atomic E-state index is 11.9. The molecule has 3 N–H and O–H groups in total. The van der Waals surface area contributed by atoms with E-state index in [0.717, 1.165) is 11.3 Å². The molecule has 0 aliphatic carbocycles. The van der Waals surface area contributed by atoms with E-state index < -0.39 is 11.7 Å². The molecule has 0 saturated heterocycles. The summed E-state index contributed by atoms with van der Waals surface area (Å²) in [6, 6.07) is 3.88. The zero-order chi connectivity index (χ0) is 16.9. The Labute approximate surface area is 133 Å². The second kappa shape index (κ2) is 7.49. The third-order valence-corrected chi connectivity index (χ3v) is 3.37. The van der Waals surface area contributed by atoms with Crippen molar-refractivity contribution in [3.63, 3.8) is 0 Å². The molecule has 1 unspecified atom stereocenters. The van der Waals surface area contributed by atoms with Gasteiger partial charge < -0.3 is 20.5 Å². The highest BCUT2D eigenvalue weighted by Gasteiger charge is 2.20. The van der Waals surface area contributed by atoms with E-state index in [4.69, 9.17) is 15.2 Å². The fraction of sp³-hybridized carbons (Fsp3) is 0.588. The molecule has 0 heterocycles. The topological polar surface area (TPSA) is 73.6 Å². The standard InChI is InChI=1S/C17H28N2O3/c1-11-7-13(15(21-6)8-12(11)2)9-14(10-18)19-16(20)22-17(3,4)5/h7-8,14H,9-10,18H2,1-6H3,(H,19,20). The lowest BCUT2D eigenvalue weighted by atomic mass is 9.99. The number of nitrogens with two attached hydrogens (primary N) is 1. The molecule has 0 aliphatic rings. The summed E-state index contributed by atoms with van der Waals surface area (Å²) in [7, 11) is 1.65. The van der Waals surface area contributed by atoms with Crippen LogP contribution in [0.4, 0.5) is 4.79 Å². The van der Waals surface area contributed by atoms with Crippen molar-refractivity contribution in [3.8, 4) is 5.75 Å². The van der Waals surface area contributed by atoms with Crippen molar-refractivity contribution in [3.05, 3.63) is 28.8 Å². The Morgan fingerprint density at radius 1 is 1.27 bits per heavy atom. The Hall–Kier alpha value is -1.75. The van der Waals surface area contributed by atoms with E-state index in [1.165, 1.54) is 11.1 Å². The van der Waals surface area contributed by atoms with Gasteiger partial charge in [0.1, 0.15) is 11.4 Å². The molecule has 0 spiro atoms. The van der Waals surface area contributed by atoms with Crippen LogP contribution in [0.5, 0.6) is 5.75 Å². The van der Waals surface area contributed by atoms with Gasteiger partial charge in [-0.25, -0.2) is 4.79 Å². The van der Waals surface area contributed by atoms with Crippen molar-refractivity contribution >= 4 is 6.09 Å². The van der Waals surface area contributed by atoms with Gasteiger partial charge in [-0.05, 0) is 63.8 Å². The van der Waals surface area contributed by atoms with E-state index in [2.05, 4.69) is 18.3 Å². The van der Waals surface area contributed by atoms with Crippen LogP contribution in [0.2, 0.25) is 0 Å². The van der Waals surface area contributed by atoms with Gasteiger partial charge in [-0.2, -0.15) is 0 Å². The van der Waals surface area contributed by atoms with E-state index in [1.807, 2.05) is 33.8 Å². The second-order valence-electron chi connectivity index (χ2n) is 6.53. The first kappa shape index (κ1) is 18.3. The highest BCUT2D eigenvalue weighted by atomic mass is 16.6. The Morgan fingerprint density at radius 3 is 2.36 bits per heavy atom. The molecule has 0 fully saturated rings. The highest BCUT2D eigenvalue weighted by Crippen LogP contribution is 2.24.